The van der Waals surface area contributed by atoms with Gasteiger partial charge in [0, 0.05) is 29.7 Å². The van der Waals surface area contributed by atoms with Gasteiger partial charge in [0.2, 0.25) is 5.91 Å². The van der Waals surface area contributed by atoms with Gasteiger partial charge in [-0.15, -0.1) is 0 Å². The van der Waals surface area contributed by atoms with Crippen LogP contribution in [0.5, 0.6) is 0 Å². The molecule has 2 aromatic carbocycles. The summed E-state index contributed by atoms with van der Waals surface area (Å²) in [7, 11) is 0. The summed E-state index contributed by atoms with van der Waals surface area (Å²) in [5, 5.41) is 3.47. The summed E-state index contributed by atoms with van der Waals surface area (Å²) in [5.74, 6) is -1.13. The number of halogens is 4. The molecular weight excluding hydrogens is 414 g/mol. The van der Waals surface area contributed by atoms with Crippen LogP contribution in [0.15, 0.2) is 36.4 Å². The molecule has 0 spiro atoms. The van der Waals surface area contributed by atoms with Crippen LogP contribution in [-0.4, -0.2) is 29.8 Å². The van der Waals surface area contributed by atoms with Crippen LogP contribution in [0.3, 0.4) is 0 Å². The van der Waals surface area contributed by atoms with E-state index in [1.807, 2.05) is 0 Å². The van der Waals surface area contributed by atoms with E-state index in [-0.39, 0.29) is 22.8 Å². The number of carbonyl (C=O) groups excluding carboxylic acids is 2. The summed E-state index contributed by atoms with van der Waals surface area (Å²) in [6.07, 6.45) is 1.05. The fourth-order valence-electron chi connectivity index (χ4n) is 3.00. The van der Waals surface area contributed by atoms with Gasteiger partial charge < -0.3 is 10.2 Å². The van der Waals surface area contributed by atoms with Crippen molar-refractivity contribution in [2.24, 2.45) is 5.92 Å². The Hall–Kier alpha value is -1.82. The quantitative estimate of drug-likeness (QED) is 0.722. The van der Waals surface area contributed by atoms with Gasteiger partial charge in [0.25, 0.3) is 5.91 Å². The highest BCUT2D eigenvalue weighted by Gasteiger charge is 2.28. The van der Waals surface area contributed by atoms with Gasteiger partial charge in [-0.2, -0.15) is 0 Å². The molecule has 1 N–H and O–H groups in total. The van der Waals surface area contributed by atoms with Crippen molar-refractivity contribution in [2.75, 3.05) is 18.4 Å². The van der Waals surface area contributed by atoms with Crippen LogP contribution >= 0.6 is 34.8 Å². The average Bonchev–Trinajstić information content (AvgIpc) is 2.64. The van der Waals surface area contributed by atoms with Crippen LogP contribution in [0.4, 0.5) is 10.1 Å². The van der Waals surface area contributed by atoms with Gasteiger partial charge in [-0.3, -0.25) is 9.59 Å². The van der Waals surface area contributed by atoms with Gasteiger partial charge >= 0.3 is 0 Å². The third-order valence-corrected chi connectivity index (χ3v) is 5.34. The SMILES string of the molecule is O=C(Nc1ccc(F)c(Cl)c1)C1CCN(C(=O)c2ccc(Cl)cc2Cl)CC1. The molecule has 27 heavy (non-hydrogen) atoms. The van der Waals surface area contributed by atoms with Crippen molar-refractivity contribution < 1.29 is 14.0 Å². The second kappa shape index (κ2) is 8.46. The van der Waals surface area contributed by atoms with E-state index in [4.69, 9.17) is 34.8 Å². The van der Waals surface area contributed by atoms with E-state index in [9.17, 15) is 14.0 Å². The van der Waals surface area contributed by atoms with Crippen LogP contribution in [-0.2, 0) is 4.79 Å². The Kier molecular flexibility index (Phi) is 6.25. The van der Waals surface area contributed by atoms with Gasteiger partial charge in [0.15, 0.2) is 0 Å². The van der Waals surface area contributed by atoms with Gasteiger partial charge in [-0.25, -0.2) is 4.39 Å². The van der Waals surface area contributed by atoms with Crippen LogP contribution in [0.25, 0.3) is 0 Å². The van der Waals surface area contributed by atoms with Crippen molar-refractivity contribution in [3.05, 3.63) is 62.8 Å². The second-order valence-corrected chi connectivity index (χ2v) is 7.56. The molecule has 0 aromatic heterocycles. The van der Waals surface area contributed by atoms with Crippen molar-refractivity contribution in [2.45, 2.75) is 12.8 Å². The number of nitrogens with one attached hydrogen (secondary N) is 1. The molecule has 0 bridgehead atoms. The fourth-order valence-corrected chi connectivity index (χ4v) is 3.67. The summed E-state index contributed by atoms with van der Waals surface area (Å²) in [6, 6.07) is 8.79. The summed E-state index contributed by atoms with van der Waals surface area (Å²) in [5.41, 5.74) is 0.836. The predicted octanol–water partition coefficient (Wildman–Crippen LogP) is 5.28. The number of likely N-dealkylation sites (tertiary alicyclic amines) is 1. The summed E-state index contributed by atoms with van der Waals surface area (Å²) in [4.78, 5) is 26.7. The lowest BCUT2D eigenvalue weighted by atomic mass is 9.95. The molecule has 1 heterocycles. The van der Waals surface area contributed by atoms with E-state index in [0.717, 1.165) is 0 Å². The van der Waals surface area contributed by atoms with Crippen molar-refractivity contribution in [1.29, 1.82) is 0 Å². The summed E-state index contributed by atoms with van der Waals surface area (Å²) in [6.45, 7) is 0.889. The zero-order valence-corrected chi connectivity index (χ0v) is 16.4. The maximum Gasteiger partial charge on any atom is 0.255 e. The molecular formula is C19H16Cl3FN2O2. The molecule has 1 aliphatic rings. The largest absolute Gasteiger partial charge is 0.339 e. The Morgan fingerprint density at radius 1 is 1.00 bits per heavy atom. The number of piperidine rings is 1. The van der Waals surface area contributed by atoms with Gasteiger partial charge in [-0.05, 0) is 49.2 Å². The van der Waals surface area contributed by atoms with Crippen molar-refractivity contribution in [3.63, 3.8) is 0 Å². The van der Waals surface area contributed by atoms with Crippen LogP contribution < -0.4 is 5.32 Å². The fraction of sp³-hybridized carbons (Fsp3) is 0.263. The number of hydrogen-bond donors (Lipinski definition) is 1. The molecule has 2 aromatic rings. The molecule has 1 aliphatic heterocycles. The van der Waals surface area contributed by atoms with E-state index in [1.54, 1.807) is 17.0 Å². The zero-order chi connectivity index (χ0) is 19.6. The first-order valence-electron chi connectivity index (χ1n) is 8.35. The number of amides is 2. The number of anilines is 1. The minimum absolute atomic E-state index is 0.0481. The highest BCUT2D eigenvalue weighted by molar-refractivity contribution is 6.36. The molecule has 1 fully saturated rings. The number of nitrogens with zero attached hydrogens (tertiary/aromatic N) is 1. The Morgan fingerprint density at radius 2 is 1.70 bits per heavy atom. The molecule has 4 nitrogen and oxygen atoms in total. The van der Waals surface area contributed by atoms with Crippen molar-refractivity contribution in [3.8, 4) is 0 Å². The molecule has 0 radical (unpaired) electrons. The topological polar surface area (TPSA) is 49.4 Å². The lowest BCUT2D eigenvalue weighted by Crippen LogP contribution is -2.41. The molecule has 142 valence electrons. The van der Waals surface area contributed by atoms with E-state index < -0.39 is 5.82 Å². The summed E-state index contributed by atoms with van der Waals surface area (Å²) >= 11 is 17.7. The van der Waals surface area contributed by atoms with E-state index in [0.29, 0.717) is 47.2 Å². The van der Waals surface area contributed by atoms with E-state index >= 15 is 0 Å². The first kappa shape index (κ1) is 19.9. The van der Waals surface area contributed by atoms with Gasteiger partial charge in [0.1, 0.15) is 5.82 Å². The van der Waals surface area contributed by atoms with Crippen molar-refractivity contribution >= 4 is 52.3 Å². The molecule has 0 saturated carbocycles. The highest BCUT2D eigenvalue weighted by Crippen LogP contribution is 2.26. The zero-order valence-electron chi connectivity index (χ0n) is 14.1. The van der Waals surface area contributed by atoms with Crippen LogP contribution in [0, 0.1) is 11.7 Å². The Bertz CT molecular complexity index is 883. The average molecular weight is 430 g/mol. The van der Waals surface area contributed by atoms with Crippen LogP contribution in [0.1, 0.15) is 23.2 Å². The minimum atomic E-state index is -0.539. The molecule has 8 heteroatoms. The molecule has 2 amide bonds. The number of benzene rings is 2. The van der Waals surface area contributed by atoms with Crippen LogP contribution in [0.2, 0.25) is 15.1 Å². The maximum absolute atomic E-state index is 13.2. The monoisotopic (exact) mass is 428 g/mol. The Balaban J connectivity index is 1.58. The van der Waals surface area contributed by atoms with Gasteiger partial charge in [-0.1, -0.05) is 34.8 Å². The molecule has 1 saturated heterocycles. The third-order valence-electron chi connectivity index (χ3n) is 4.50. The Morgan fingerprint density at radius 3 is 2.33 bits per heavy atom. The first-order valence-corrected chi connectivity index (χ1v) is 9.49. The molecule has 0 unspecified atom stereocenters. The first-order chi connectivity index (χ1) is 12.8. The highest BCUT2D eigenvalue weighted by atomic mass is 35.5. The Labute approximate surface area is 171 Å². The van der Waals surface area contributed by atoms with E-state index in [2.05, 4.69) is 5.32 Å². The number of carbonyl (C=O) groups is 2. The van der Waals surface area contributed by atoms with Crippen molar-refractivity contribution in [1.82, 2.24) is 4.90 Å². The smallest absolute Gasteiger partial charge is 0.255 e. The lowest BCUT2D eigenvalue weighted by molar-refractivity contribution is -0.121. The summed E-state index contributed by atoms with van der Waals surface area (Å²) < 4.78 is 13.2. The lowest BCUT2D eigenvalue weighted by Gasteiger charge is -2.31. The second-order valence-electron chi connectivity index (χ2n) is 6.31. The standard InChI is InChI=1S/C19H16Cl3FN2O2/c20-12-1-3-14(15(21)9-12)19(27)25-7-5-11(6-8-25)18(26)24-13-2-4-17(23)16(22)10-13/h1-4,9-11H,5-8H2,(H,24,26). The van der Waals surface area contributed by atoms with Gasteiger partial charge in [0.05, 0.1) is 15.6 Å². The predicted molar refractivity (Wildman–Crippen MR) is 105 cm³/mol. The number of hydrogen-bond acceptors (Lipinski definition) is 2. The van der Waals surface area contributed by atoms with E-state index in [1.165, 1.54) is 24.3 Å². The molecule has 0 atom stereocenters. The molecule has 0 aliphatic carbocycles. The third kappa shape index (κ3) is 4.72. The molecule has 3 rings (SSSR count). The minimum Gasteiger partial charge on any atom is -0.339 e. The number of rotatable bonds is 3. The normalized spacial score (nSPS) is 14.9. The maximum atomic E-state index is 13.2.